The van der Waals surface area contributed by atoms with Gasteiger partial charge in [0.05, 0.1) is 18.3 Å². The molecule has 0 radical (unpaired) electrons. The number of esters is 1. The summed E-state index contributed by atoms with van der Waals surface area (Å²) in [5.74, 6) is 0.501. The van der Waals surface area contributed by atoms with Crippen molar-refractivity contribution in [1.29, 1.82) is 0 Å². The predicted molar refractivity (Wildman–Crippen MR) is 165 cm³/mol. The van der Waals surface area contributed by atoms with Crippen molar-refractivity contribution >= 4 is 28.5 Å². The molecule has 5 nitrogen and oxygen atoms in total. The molecule has 2 aliphatic heterocycles. The topological polar surface area (TPSA) is 54.0 Å². The van der Waals surface area contributed by atoms with E-state index in [9.17, 15) is 4.79 Å². The second kappa shape index (κ2) is 14.1. The van der Waals surface area contributed by atoms with Crippen LogP contribution in [0.5, 0.6) is 0 Å². The van der Waals surface area contributed by atoms with Gasteiger partial charge in [0.2, 0.25) is 0 Å². The minimum Gasteiger partial charge on any atom is -0.455 e. The summed E-state index contributed by atoms with van der Waals surface area (Å²) in [6.45, 7) is 6.78. The van der Waals surface area contributed by atoms with Gasteiger partial charge in [-0.2, -0.15) is 0 Å². The van der Waals surface area contributed by atoms with E-state index >= 15 is 0 Å². The Hall–Kier alpha value is -3.16. The van der Waals surface area contributed by atoms with Crippen molar-refractivity contribution in [1.82, 2.24) is 0 Å². The van der Waals surface area contributed by atoms with Crippen LogP contribution in [0.2, 0.25) is 0 Å². The van der Waals surface area contributed by atoms with Gasteiger partial charge in [-0.1, -0.05) is 112 Å². The maximum Gasteiger partial charge on any atom is 0.338 e. The Labute approximate surface area is 247 Å². The smallest absolute Gasteiger partial charge is 0.338 e. The summed E-state index contributed by atoms with van der Waals surface area (Å²) in [7, 11) is 0. The van der Waals surface area contributed by atoms with Crippen LogP contribution in [0, 0.1) is 5.92 Å². The largest absolute Gasteiger partial charge is 0.455 e. The molecule has 41 heavy (non-hydrogen) atoms. The molecule has 4 aromatic rings. The molecule has 214 valence electrons. The van der Waals surface area contributed by atoms with E-state index in [4.69, 9.17) is 18.9 Å². The predicted octanol–water partition coefficient (Wildman–Crippen LogP) is 7.84. The SMILES string of the molecule is CCS[C@@H]1OC2COC(c3ccccc3)O[C@H]2[C@H](C)C1OC(=O)c1ccccc1.CCc1ccc2ccccc2c1. The molecule has 2 fully saturated rings. The van der Waals surface area contributed by atoms with E-state index in [0.29, 0.717) is 12.2 Å². The van der Waals surface area contributed by atoms with Gasteiger partial charge >= 0.3 is 5.97 Å². The van der Waals surface area contributed by atoms with Crippen LogP contribution in [-0.4, -0.2) is 42.1 Å². The Kier molecular flexibility index (Phi) is 10.1. The molecule has 6 heteroatoms. The fourth-order valence-electron chi connectivity index (χ4n) is 5.28. The van der Waals surface area contributed by atoms with E-state index < -0.39 is 12.4 Å². The van der Waals surface area contributed by atoms with E-state index in [1.807, 2.05) is 48.5 Å². The summed E-state index contributed by atoms with van der Waals surface area (Å²) in [6.07, 6.45) is -0.116. The third-order valence-corrected chi connectivity index (χ3v) is 8.59. The van der Waals surface area contributed by atoms with Gasteiger partial charge < -0.3 is 18.9 Å². The van der Waals surface area contributed by atoms with E-state index in [2.05, 4.69) is 63.2 Å². The van der Waals surface area contributed by atoms with Crippen LogP contribution >= 0.6 is 11.8 Å². The number of ether oxygens (including phenoxy) is 4. The summed E-state index contributed by atoms with van der Waals surface area (Å²) in [5, 5.41) is 2.67. The zero-order valence-electron chi connectivity index (χ0n) is 23.8. The Bertz CT molecular complexity index is 1400. The van der Waals surface area contributed by atoms with Gasteiger partial charge in [-0.25, -0.2) is 4.79 Å². The number of hydrogen-bond acceptors (Lipinski definition) is 6. The van der Waals surface area contributed by atoms with E-state index in [0.717, 1.165) is 17.7 Å². The summed E-state index contributed by atoms with van der Waals surface area (Å²) in [4.78, 5) is 12.7. The molecule has 0 saturated carbocycles. The number of hydrogen-bond donors (Lipinski definition) is 0. The van der Waals surface area contributed by atoms with E-state index in [1.165, 1.54) is 16.3 Å². The van der Waals surface area contributed by atoms with Gasteiger partial charge in [-0.05, 0) is 40.6 Å². The van der Waals surface area contributed by atoms with Crippen LogP contribution in [0.3, 0.4) is 0 Å². The van der Waals surface area contributed by atoms with Crippen molar-refractivity contribution in [2.75, 3.05) is 12.4 Å². The molecule has 0 aliphatic carbocycles. The Balaban J connectivity index is 0.000000234. The molecular weight excluding hydrogens is 532 g/mol. The number of carbonyl (C=O) groups excluding carboxylic acids is 1. The van der Waals surface area contributed by atoms with E-state index in [-0.39, 0.29) is 29.5 Å². The molecule has 2 saturated heterocycles. The lowest BCUT2D eigenvalue weighted by atomic mass is 9.90. The van der Waals surface area contributed by atoms with Crippen molar-refractivity contribution in [2.24, 2.45) is 5.92 Å². The summed E-state index contributed by atoms with van der Waals surface area (Å²) >= 11 is 1.64. The van der Waals surface area contributed by atoms with Gasteiger partial charge in [0.15, 0.2) is 6.29 Å². The normalized spacial score (nSPS) is 25.4. The molecule has 2 aliphatic rings. The van der Waals surface area contributed by atoms with Crippen LogP contribution in [-0.2, 0) is 25.4 Å². The van der Waals surface area contributed by atoms with Crippen LogP contribution in [0.15, 0.2) is 103 Å². The van der Waals surface area contributed by atoms with Gasteiger partial charge in [-0.3, -0.25) is 0 Å². The van der Waals surface area contributed by atoms with Crippen LogP contribution < -0.4 is 0 Å². The maximum absolute atomic E-state index is 12.7. The molecule has 0 bridgehead atoms. The lowest BCUT2D eigenvalue weighted by molar-refractivity contribution is -0.306. The summed E-state index contributed by atoms with van der Waals surface area (Å²) in [5.41, 5.74) is 2.68. The number of benzene rings is 4. The molecule has 6 rings (SSSR count). The van der Waals surface area contributed by atoms with Gasteiger partial charge in [0.25, 0.3) is 0 Å². The highest BCUT2D eigenvalue weighted by molar-refractivity contribution is 7.99. The number of carbonyl (C=O) groups is 1. The summed E-state index contributed by atoms with van der Waals surface area (Å²) < 4.78 is 24.4. The van der Waals surface area contributed by atoms with Crippen molar-refractivity contribution < 1.29 is 23.7 Å². The Morgan fingerprint density at radius 1 is 0.854 bits per heavy atom. The lowest BCUT2D eigenvalue weighted by Crippen LogP contribution is -2.58. The first-order chi connectivity index (χ1) is 20.1. The van der Waals surface area contributed by atoms with Crippen molar-refractivity contribution in [3.63, 3.8) is 0 Å². The third-order valence-electron chi connectivity index (χ3n) is 7.55. The average Bonchev–Trinajstić information content (AvgIpc) is 3.03. The first kappa shape index (κ1) is 29.3. The Morgan fingerprint density at radius 3 is 2.24 bits per heavy atom. The second-order valence-electron chi connectivity index (χ2n) is 10.3. The van der Waals surface area contributed by atoms with E-state index in [1.54, 1.807) is 23.9 Å². The molecule has 4 aromatic carbocycles. The standard InChI is InChI=1S/C23H26O5S.C12H12/c1-3-29-23-20(27-21(24)16-10-6-4-7-11-16)15(2)19-18(26-23)14-25-22(28-19)17-12-8-5-9-13-17;1-2-10-7-8-11-5-3-4-6-12(11)9-10/h4-13,15,18-20,22-23H,3,14H2,1-2H3;3-9H,2H2,1H3/t15-,18?,19-,20?,22?,23-;/m0./s1. The van der Waals surface area contributed by atoms with Crippen LogP contribution in [0.4, 0.5) is 0 Å². The average molecular weight is 571 g/mol. The van der Waals surface area contributed by atoms with Crippen LogP contribution in [0.25, 0.3) is 10.8 Å². The molecule has 6 atom stereocenters. The zero-order valence-corrected chi connectivity index (χ0v) is 24.7. The Morgan fingerprint density at radius 2 is 1.54 bits per heavy atom. The van der Waals surface area contributed by atoms with Crippen molar-refractivity contribution in [3.8, 4) is 0 Å². The minimum atomic E-state index is -0.440. The van der Waals surface area contributed by atoms with Gasteiger partial charge in [0, 0.05) is 11.5 Å². The summed E-state index contributed by atoms with van der Waals surface area (Å²) in [6, 6.07) is 34.1. The number of fused-ring (bicyclic) bond motifs is 2. The highest BCUT2D eigenvalue weighted by Gasteiger charge is 2.49. The fraction of sp³-hybridized carbons (Fsp3) is 0.343. The highest BCUT2D eigenvalue weighted by atomic mass is 32.2. The van der Waals surface area contributed by atoms with Crippen molar-refractivity contribution in [2.45, 2.75) is 57.2 Å². The van der Waals surface area contributed by atoms with Gasteiger partial charge in [0.1, 0.15) is 17.6 Å². The minimum absolute atomic E-state index is 0.0272. The number of thioether (sulfide) groups is 1. The molecule has 0 aromatic heterocycles. The molecule has 0 N–H and O–H groups in total. The molecule has 3 unspecified atom stereocenters. The number of rotatable bonds is 6. The fourth-order valence-corrected chi connectivity index (χ4v) is 6.32. The molecule has 0 spiro atoms. The molecular formula is C35H38O5S. The monoisotopic (exact) mass is 570 g/mol. The first-order valence-corrected chi connectivity index (χ1v) is 15.4. The highest BCUT2D eigenvalue weighted by Crippen LogP contribution is 2.40. The molecule has 0 amide bonds. The van der Waals surface area contributed by atoms with Crippen LogP contribution in [0.1, 0.15) is 48.5 Å². The third kappa shape index (κ3) is 7.19. The zero-order chi connectivity index (χ0) is 28.6. The maximum atomic E-state index is 12.7. The molecule has 2 heterocycles. The first-order valence-electron chi connectivity index (χ1n) is 14.4. The lowest BCUT2D eigenvalue weighted by Gasteiger charge is -2.48. The number of aryl methyl sites for hydroxylation is 1. The van der Waals surface area contributed by atoms with Crippen molar-refractivity contribution in [3.05, 3.63) is 120 Å². The second-order valence-corrected chi connectivity index (χ2v) is 11.7. The van der Waals surface area contributed by atoms with Gasteiger partial charge in [-0.15, -0.1) is 11.8 Å². The quantitative estimate of drug-likeness (QED) is 0.220.